The molecule has 0 radical (unpaired) electrons. The summed E-state index contributed by atoms with van der Waals surface area (Å²) in [5, 5.41) is 0. The van der Waals surface area contributed by atoms with Crippen molar-refractivity contribution >= 4 is 35.8 Å². The molecule has 2 aromatic rings. The van der Waals surface area contributed by atoms with Gasteiger partial charge in [-0.1, -0.05) is 48.0 Å². The number of halogens is 1. The molecule has 1 aromatic carbocycles. The molecule has 4 atom stereocenters. The molecule has 1 unspecified atom stereocenters. The summed E-state index contributed by atoms with van der Waals surface area (Å²) >= 11 is 3.11. The van der Waals surface area contributed by atoms with Gasteiger partial charge in [-0.2, -0.15) is 0 Å². The van der Waals surface area contributed by atoms with E-state index in [1.807, 2.05) is 39.0 Å². The Hall–Kier alpha value is -2.50. The van der Waals surface area contributed by atoms with E-state index in [1.54, 1.807) is 0 Å². The Morgan fingerprint density at radius 1 is 1.35 bits per heavy atom. The minimum Gasteiger partial charge on any atom is -0.459 e. The van der Waals surface area contributed by atoms with Crippen molar-refractivity contribution < 1.29 is 32.4 Å². The topological polar surface area (TPSA) is 135 Å². The molecule has 1 N–H and O–H groups in total. The molecule has 0 amide bonds. The smallest absolute Gasteiger partial charge is 0.459 e. The maximum Gasteiger partial charge on any atom is 0.530 e. The third-order valence-electron chi connectivity index (χ3n) is 5.86. The van der Waals surface area contributed by atoms with E-state index in [-0.39, 0.29) is 37.5 Å². The van der Waals surface area contributed by atoms with Gasteiger partial charge in [0.2, 0.25) is 0 Å². The molecule has 0 saturated carbocycles. The second-order valence-electron chi connectivity index (χ2n) is 9.21. The number of H-pyrrole nitrogens is 1. The van der Waals surface area contributed by atoms with Crippen molar-refractivity contribution in [1.82, 2.24) is 9.55 Å². The van der Waals surface area contributed by atoms with Crippen molar-refractivity contribution in [2.75, 3.05) is 6.61 Å². The quantitative estimate of drug-likeness (QED) is 0.350. The fourth-order valence-corrected chi connectivity index (χ4v) is 5.65. The Labute approximate surface area is 221 Å². The van der Waals surface area contributed by atoms with E-state index in [9.17, 15) is 18.9 Å². The van der Waals surface area contributed by atoms with Crippen molar-refractivity contribution in [3.8, 4) is 5.75 Å². The predicted octanol–water partition coefficient (Wildman–Crippen LogP) is 4.19. The van der Waals surface area contributed by atoms with Crippen LogP contribution in [0.3, 0.4) is 0 Å². The number of nitrogens with one attached hydrogen (secondary N) is 1. The molecule has 11 nitrogen and oxygen atoms in total. The maximum atomic E-state index is 13.2. The van der Waals surface area contributed by atoms with Gasteiger partial charge in [-0.25, -0.2) is 9.36 Å². The molecule has 4 rings (SSSR count). The number of benzene rings is 1. The number of carbonyl (C=O) groups excluding carboxylic acids is 1. The minimum absolute atomic E-state index is 0.0475. The summed E-state index contributed by atoms with van der Waals surface area (Å²) in [6, 6.07) is 5.48. The SMILES string of the molecule is Cc1cccc2c1OP(=O)(OC[C@H]1O[C@@H](n3cc(/C=C/Br)c(=O)[nH]c3=O)C[C@@H]1OC(=O)CC(C)C)OC2. The lowest BCUT2D eigenvalue weighted by molar-refractivity contribution is -0.153. The summed E-state index contributed by atoms with van der Waals surface area (Å²) in [5.41, 5.74) is 0.506. The van der Waals surface area contributed by atoms with Crippen LogP contribution in [0.1, 0.15) is 49.6 Å². The third kappa shape index (κ3) is 6.50. The zero-order valence-electron chi connectivity index (χ0n) is 20.5. The number of aromatic amines is 1. The summed E-state index contributed by atoms with van der Waals surface area (Å²) in [4.78, 5) is 40.8. The van der Waals surface area contributed by atoms with Gasteiger partial charge in [-0.15, -0.1) is 0 Å². The van der Waals surface area contributed by atoms with Crippen LogP contribution in [0, 0.1) is 12.8 Å². The van der Waals surface area contributed by atoms with E-state index in [4.69, 9.17) is 23.0 Å². The Morgan fingerprint density at radius 3 is 2.86 bits per heavy atom. The van der Waals surface area contributed by atoms with Gasteiger partial charge in [0.1, 0.15) is 24.2 Å². The summed E-state index contributed by atoms with van der Waals surface area (Å²) in [7, 11) is -3.98. The van der Waals surface area contributed by atoms with E-state index in [1.165, 1.54) is 21.8 Å². The number of esters is 1. The summed E-state index contributed by atoms with van der Waals surface area (Å²) in [5.74, 6) is 0.0747. The molecule has 13 heteroatoms. The molecule has 37 heavy (non-hydrogen) atoms. The zero-order valence-corrected chi connectivity index (χ0v) is 23.0. The van der Waals surface area contributed by atoms with Crippen LogP contribution in [0.4, 0.5) is 0 Å². The number of rotatable bonds is 8. The predicted molar refractivity (Wildman–Crippen MR) is 137 cm³/mol. The number of para-hydroxylation sites is 1. The minimum atomic E-state index is -3.98. The molecule has 2 aliphatic heterocycles. The summed E-state index contributed by atoms with van der Waals surface area (Å²) < 4.78 is 42.7. The van der Waals surface area contributed by atoms with E-state index in [0.29, 0.717) is 5.75 Å². The van der Waals surface area contributed by atoms with Crippen molar-refractivity contribution in [2.24, 2.45) is 5.92 Å². The number of ether oxygens (including phenoxy) is 2. The van der Waals surface area contributed by atoms with E-state index < -0.39 is 43.5 Å². The molecule has 1 fully saturated rings. The summed E-state index contributed by atoms with van der Waals surface area (Å²) in [6.45, 7) is 5.35. The van der Waals surface area contributed by atoms with Gasteiger partial charge < -0.3 is 14.0 Å². The monoisotopic (exact) mass is 598 g/mol. The van der Waals surface area contributed by atoms with Crippen LogP contribution in [-0.4, -0.2) is 34.3 Å². The van der Waals surface area contributed by atoms with Gasteiger partial charge in [0, 0.05) is 24.6 Å². The normalized spacial score (nSPS) is 25.3. The highest BCUT2D eigenvalue weighted by Crippen LogP contribution is 2.55. The lowest BCUT2D eigenvalue weighted by Crippen LogP contribution is -2.33. The number of hydrogen-bond donors (Lipinski definition) is 1. The van der Waals surface area contributed by atoms with Gasteiger partial charge in [0.25, 0.3) is 5.56 Å². The van der Waals surface area contributed by atoms with Gasteiger partial charge >= 0.3 is 19.5 Å². The molecule has 200 valence electrons. The Bertz CT molecular complexity index is 1350. The van der Waals surface area contributed by atoms with Crippen LogP contribution in [0.2, 0.25) is 0 Å². The highest BCUT2D eigenvalue weighted by Gasteiger charge is 2.43. The number of nitrogens with zero attached hydrogens (tertiary/aromatic N) is 1. The van der Waals surface area contributed by atoms with Gasteiger partial charge in [-0.3, -0.25) is 28.2 Å². The van der Waals surface area contributed by atoms with Gasteiger partial charge in [0.15, 0.2) is 0 Å². The van der Waals surface area contributed by atoms with E-state index >= 15 is 0 Å². The van der Waals surface area contributed by atoms with Crippen LogP contribution >= 0.6 is 23.8 Å². The first-order chi connectivity index (χ1) is 17.6. The third-order valence-corrected chi connectivity index (χ3v) is 7.44. The lowest BCUT2D eigenvalue weighted by Gasteiger charge is -2.27. The first-order valence-corrected chi connectivity index (χ1v) is 14.1. The highest BCUT2D eigenvalue weighted by molar-refractivity contribution is 9.11. The standard InChI is InChI=1S/C24H28BrN2O9P/c1-14(2)9-21(28)35-18-10-20(27-11-16(7-8-25)23(29)26-24(27)30)34-19(18)13-33-37(31)32-12-17-6-4-5-15(3)22(17)36-37/h4-8,11,14,18-20H,9-10,12-13H2,1-3H3,(H,26,29,30)/b8-7+/t18-,19+,20+,37?/m0/s1. The van der Waals surface area contributed by atoms with Gasteiger partial charge in [-0.05, 0) is 29.5 Å². The van der Waals surface area contributed by atoms with Crippen molar-refractivity contribution in [2.45, 2.75) is 58.7 Å². The van der Waals surface area contributed by atoms with E-state index in [2.05, 4.69) is 20.9 Å². The Morgan fingerprint density at radius 2 is 2.14 bits per heavy atom. The van der Waals surface area contributed by atoms with Crippen LogP contribution in [0.5, 0.6) is 5.75 Å². The second kappa shape index (κ2) is 11.5. The van der Waals surface area contributed by atoms with Crippen LogP contribution in [-0.2, 0) is 34.5 Å². The Balaban J connectivity index is 1.54. The van der Waals surface area contributed by atoms with Crippen molar-refractivity contribution in [1.29, 1.82) is 0 Å². The average Bonchev–Trinajstić information content (AvgIpc) is 3.22. The molecule has 0 spiro atoms. The van der Waals surface area contributed by atoms with Crippen molar-refractivity contribution in [3.63, 3.8) is 0 Å². The number of aromatic nitrogens is 2. The number of phosphoric acid groups is 1. The van der Waals surface area contributed by atoms with Crippen LogP contribution in [0.25, 0.3) is 6.08 Å². The van der Waals surface area contributed by atoms with E-state index in [0.717, 1.165) is 11.1 Å². The van der Waals surface area contributed by atoms with Crippen LogP contribution < -0.4 is 15.8 Å². The number of carbonyl (C=O) groups is 1. The first-order valence-electron chi connectivity index (χ1n) is 11.7. The highest BCUT2D eigenvalue weighted by atomic mass is 79.9. The second-order valence-corrected chi connectivity index (χ2v) is 11.3. The molecular formula is C24H28BrN2O9P. The molecule has 1 saturated heterocycles. The van der Waals surface area contributed by atoms with Crippen LogP contribution in [0.15, 0.2) is 39.0 Å². The average molecular weight is 599 g/mol. The number of phosphoric ester groups is 1. The molecule has 1 aromatic heterocycles. The number of aryl methyl sites for hydroxylation is 1. The first kappa shape index (κ1) is 27.5. The maximum absolute atomic E-state index is 13.2. The fourth-order valence-electron chi connectivity index (χ4n) is 4.07. The molecule has 0 bridgehead atoms. The molecule has 2 aliphatic rings. The van der Waals surface area contributed by atoms with Gasteiger partial charge in [0.05, 0.1) is 18.8 Å². The lowest BCUT2D eigenvalue weighted by atomic mass is 10.1. The fraction of sp³-hybridized carbons (Fsp3) is 0.458. The van der Waals surface area contributed by atoms with Crippen molar-refractivity contribution in [3.05, 3.63) is 66.9 Å². The molecular weight excluding hydrogens is 571 g/mol. The number of fused-ring (bicyclic) bond motifs is 1. The number of hydrogen-bond acceptors (Lipinski definition) is 9. The zero-order chi connectivity index (χ0) is 26.7. The molecule has 3 heterocycles. The molecule has 0 aliphatic carbocycles. The Kier molecular flexibility index (Phi) is 8.55. The summed E-state index contributed by atoms with van der Waals surface area (Å²) in [6.07, 6.45) is 0.558. The largest absolute Gasteiger partial charge is 0.530 e.